The van der Waals surface area contributed by atoms with E-state index in [0.29, 0.717) is 11.3 Å². The standard InChI is InChI=1S/C25H26N2O3/c1-4-19-9-5-6-10-23(19)26-24(28)16-30-21-14-12-20(13-15-21)25(29)27-22-11-7-8-17(2)18(22)3/h5-15H,4,16H2,1-3H3,(H,26,28)(H,27,29). The lowest BCUT2D eigenvalue weighted by Gasteiger charge is -2.12. The molecule has 0 aliphatic heterocycles. The molecule has 0 saturated heterocycles. The fourth-order valence-corrected chi connectivity index (χ4v) is 3.07. The topological polar surface area (TPSA) is 67.4 Å². The lowest BCUT2D eigenvalue weighted by molar-refractivity contribution is -0.118. The van der Waals surface area contributed by atoms with Crippen molar-refractivity contribution in [2.45, 2.75) is 27.2 Å². The fraction of sp³-hybridized carbons (Fsp3) is 0.200. The first-order valence-corrected chi connectivity index (χ1v) is 9.96. The van der Waals surface area contributed by atoms with Crippen LogP contribution in [0.25, 0.3) is 0 Å². The van der Waals surface area contributed by atoms with E-state index < -0.39 is 0 Å². The van der Waals surface area contributed by atoms with Crippen LogP contribution in [-0.2, 0) is 11.2 Å². The van der Waals surface area contributed by atoms with Gasteiger partial charge in [-0.2, -0.15) is 0 Å². The van der Waals surface area contributed by atoms with E-state index >= 15 is 0 Å². The molecule has 0 saturated carbocycles. The number of benzene rings is 3. The molecule has 0 aromatic heterocycles. The van der Waals surface area contributed by atoms with Crippen LogP contribution in [0.5, 0.6) is 5.75 Å². The third-order valence-electron chi connectivity index (χ3n) is 5.01. The summed E-state index contributed by atoms with van der Waals surface area (Å²) >= 11 is 0. The second kappa shape index (κ2) is 9.74. The summed E-state index contributed by atoms with van der Waals surface area (Å²) in [5.74, 6) is 0.106. The van der Waals surface area contributed by atoms with Gasteiger partial charge >= 0.3 is 0 Å². The Hall–Kier alpha value is -3.60. The van der Waals surface area contributed by atoms with Gasteiger partial charge in [-0.05, 0) is 73.4 Å². The molecule has 3 aromatic rings. The molecule has 30 heavy (non-hydrogen) atoms. The van der Waals surface area contributed by atoms with Crippen molar-refractivity contribution >= 4 is 23.2 Å². The number of hydrogen-bond donors (Lipinski definition) is 2. The summed E-state index contributed by atoms with van der Waals surface area (Å²) in [6, 6.07) is 20.2. The van der Waals surface area contributed by atoms with Crippen molar-refractivity contribution in [3.05, 3.63) is 89.0 Å². The Labute approximate surface area is 177 Å². The summed E-state index contributed by atoms with van der Waals surface area (Å²) in [5.41, 5.74) is 5.35. The maximum atomic E-state index is 12.5. The van der Waals surface area contributed by atoms with E-state index in [9.17, 15) is 9.59 Å². The summed E-state index contributed by atoms with van der Waals surface area (Å²) < 4.78 is 5.56. The van der Waals surface area contributed by atoms with Gasteiger partial charge in [0.25, 0.3) is 11.8 Å². The van der Waals surface area contributed by atoms with Gasteiger partial charge in [-0.3, -0.25) is 9.59 Å². The molecular formula is C25H26N2O3. The minimum atomic E-state index is -0.229. The van der Waals surface area contributed by atoms with E-state index in [2.05, 4.69) is 10.6 Å². The van der Waals surface area contributed by atoms with Gasteiger partial charge in [0.2, 0.25) is 0 Å². The van der Waals surface area contributed by atoms with E-state index in [1.165, 1.54) is 0 Å². The fourth-order valence-electron chi connectivity index (χ4n) is 3.07. The average molecular weight is 402 g/mol. The molecule has 154 valence electrons. The van der Waals surface area contributed by atoms with Crippen molar-refractivity contribution in [1.29, 1.82) is 0 Å². The van der Waals surface area contributed by atoms with E-state index in [1.807, 2.05) is 63.2 Å². The van der Waals surface area contributed by atoms with Crippen LogP contribution in [-0.4, -0.2) is 18.4 Å². The lowest BCUT2D eigenvalue weighted by atomic mass is 10.1. The third kappa shape index (κ3) is 5.26. The summed E-state index contributed by atoms with van der Waals surface area (Å²) in [6.07, 6.45) is 0.836. The number of aryl methyl sites for hydroxylation is 2. The van der Waals surface area contributed by atoms with Crippen molar-refractivity contribution in [2.75, 3.05) is 17.2 Å². The first kappa shape index (κ1) is 21.1. The van der Waals surface area contributed by atoms with Crippen LogP contribution in [0.1, 0.15) is 34.0 Å². The number of anilines is 2. The van der Waals surface area contributed by atoms with Crippen molar-refractivity contribution in [3.63, 3.8) is 0 Å². The van der Waals surface area contributed by atoms with Gasteiger partial charge < -0.3 is 15.4 Å². The molecule has 2 amide bonds. The van der Waals surface area contributed by atoms with Crippen LogP contribution in [0, 0.1) is 13.8 Å². The zero-order chi connectivity index (χ0) is 21.5. The zero-order valence-electron chi connectivity index (χ0n) is 17.5. The number of amides is 2. The molecule has 3 aromatic carbocycles. The molecule has 0 fully saturated rings. The molecule has 0 bridgehead atoms. The summed E-state index contributed by atoms with van der Waals surface area (Å²) in [7, 11) is 0. The number of rotatable bonds is 7. The Morgan fingerprint density at radius 1 is 0.833 bits per heavy atom. The molecule has 3 rings (SSSR count). The molecule has 0 radical (unpaired) electrons. The highest BCUT2D eigenvalue weighted by Gasteiger charge is 2.10. The summed E-state index contributed by atoms with van der Waals surface area (Å²) in [4.78, 5) is 24.7. The highest BCUT2D eigenvalue weighted by atomic mass is 16.5. The monoisotopic (exact) mass is 402 g/mol. The molecule has 0 atom stereocenters. The van der Waals surface area contributed by atoms with Gasteiger partial charge in [0.1, 0.15) is 5.75 Å². The van der Waals surface area contributed by atoms with Crippen molar-refractivity contribution in [2.24, 2.45) is 0 Å². The molecule has 5 heteroatoms. The molecule has 2 N–H and O–H groups in total. The van der Waals surface area contributed by atoms with E-state index in [-0.39, 0.29) is 18.4 Å². The smallest absolute Gasteiger partial charge is 0.262 e. The van der Waals surface area contributed by atoms with Crippen molar-refractivity contribution in [3.8, 4) is 5.75 Å². The maximum absolute atomic E-state index is 12.5. The first-order valence-electron chi connectivity index (χ1n) is 9.96. The predicted octanol–water partition coefficient (Wildman–Crippen LogP) is 5.14. The van der Waals surface area contributed by atoms with E-state index in [0.717, 1.165) is 34.5 Å². The minimum Gasteiger partial charge on any atom is -0.484 e. The van der Waals surface area contributed by atoms with E-state index in [1.54, 1.807) is 24.3 Å². The SMILES string of the molecule is CCc1ccccc1NC(=O)COc1ccc(C(=O)Nc2cccc(C)c2C)cc1. The Balaban J connectivity index is 1.56. The average Bonchev–Trinajstić information content (AvgIpc) is 2.76. The Morgan fingerprint density at radius 3 is 2.27 bits per heavy atom. The number of nitrogens with one attached hydrogen (secondary N) is 2. The van der Waals surface area contributed by atoms with E-state index in [4.69, 9.17) is 4.74 Å². The number of hydrogen-bond acceptors (Lipinski definition) is 3. The highest BCUT2D eigenvalue weighted by molar-refractivity contribution is 6.04. The Morgan fingerprint density at radius 2 is 1.53 bits per heavy atom. The van der Waals surface area contributed by atoms with Gasteiger partial charge in [0.05, 0.1) is 0 Å². The van der Waals surface area contributed by atoms with Crippen molar-refractivity contribution < 1.29 is 14.3 Å². The Bertz CT molecular complexity index is 1040. The molecule has 0 aliphatic rings. The molecule has 0 heterocycles. The van der Waals surface area contributed by atoms with Gasteiger partial charge in [-0.15, -0.1) is 0 Å². The zero-order valence-corrected chi connectivity index (χ0v) is 17.5. The molecule has 0 aliphatic carbocycles. The Kier molecular flexibility index (Phi) is 6.86. The second-order valence-electron chi connectivity index (χ2n) is 7.07. The minimum absolute atomic E-state index is 0.105. The molecule has 0 spiro atoms. The summed E-state index contributed by atoms with van der Waals surface area (Å²) in [5, 5.41) is 5.80. The largest absolute Gasteiger partial charge is 0.484 e. The van der Waals surface area contributed by atoms with Gasteiger partial charge in [-0.1, -0.05) is 37.3 Å². The first-order chi connectivity index (χ1) is 14.5. The lowest BCUT2D eigenvalue weighted by Crippen LogP contribution is -2.21. The molecular weight excluding hydrogens is 376 g/mol. The number of carbonyl (C=O) groups excluding carboxylic acids is 2. The second-order valence-corrected chi connectivity index (χ2v) is 7.07. The quantitative estimate of drug-likeness (QED) is 0.575. The van der Waals surface area contributed by atoms with Crippen LogP contribution < -0.4 is 15.4 Å². The van der Waals surface area contributed by atoms with Crippen LogP contribution in [0.2, 0.25) is 0 Å². The predicted molar refractivity (Wildman–Crippen MR) is 120 cm³/mol. The number of ether oxygens (including phenoxy) is 1. The van der Waals surface area contributed by atoms with Crippen molar-refractivity contribution in [1.82, 2.24) is 0 Å². The van der Waals surface area contributed by atoms with Gasteiger partial charge in [0.15, 0.2) is 6.61 Å². The maximum Gasteiger partial charge on any atom is 0.262 e. The number of para-hydroxylation sites is 1. The number of carbonyl (C=O) groups is 2. The molecule has 5 nitrogen and oxygen atoms in total. The normalized spacial score (nSPS) is 10.4. The highest BCUT2D eigenvalue weighted by Crippen LogP contribution is 2.20. The van der Waals surface area contributed by atoms with Gasteiger partial charge in [0, 0.05) is 16.9 Å². The third-order valence-corrected chi connectivity index (χ3v) is 5.01. The molecule has 0 unspecified atom stereocenters. The van der Waals surface area contributed by atoms with Gasteiger partial charge in [-0.25, -0.2) is 0 Å². The summed E-state index contributed by atoms with van der Waals surface area (Å²) in [6.45, 7) is 5.92. The van der Waals surface area contributed by atoms with Crippen LogP contribution >= 0.6 is 0 Å². The van der Waals surface area contributed by atoms with Crippen LogP contribution in [0.15, 0.2) is 66.7 Å². The van der Waals surface area contributed by atoms with Crippen LogP contribution in [0.3, 0.4) is 0 Å². The van der Waals surface area contributed by atoms with Crippen LogP contribution in [0.4, 0.5) is 11.4 Å².